The van der Waals surface area contributed by atoms with Crippen LogP contribution < -0.4 is 9.47 Å². The Morgan fingerprint density at radius 1 is 1.10 bits per heavy atom. The van der Waals surface area contributed by atoms with Crippen LogP contribution in [-0.2, 0) is 6.61 Å². The lowest BCUT2D eigenvalue weighted by molar-refractivity contribution is 0.104. The minimum Gasteiger partial charge on any atom is -0.493 e. The number of hydrogen-bond acceptors (Lipinski definition) is 3. The van der Waals surface area contributed by atoms with Gasteiger partial charge in [0.05, 0.1) is 11.6 Å². The van der Waals surface area contributed by atoms with Crippen molar-refractivity contribution in [2.75, 3.05) is 7.11 Å². The Hall–Kier alpha value is -2.56. The van der Waals surface area contributed by atoms with Gasteiger partial charge in [-0.05, 0) is 52.7 Å². The first-order chi connectivity index (χ1) is 14.0. The Bertz CT molecular complexity index is 1040. The molecule has 29 heavy (non-hydrogen) atoms. The molecule has 0 aliphatic rings. The zero-order chi connectivity index (χ0) is 20.8. The van der Waals surface area contributed by atoms with Crippen LogP contribution in [-0.4, -0.2) is 12.9 Å². The maximum Gasteiger partial charge on any atom is 0.185 e. The van der Waals surface area contributed by atoms with Gasteiger partial charge in [-0.1, -0.05) is 65.7 Å². The molecule has 0 fully saturated rings. The number of ether oxygens (including phenoxy) is 2. The van der Waals surface area contributed by atoms with Gasteiger partial charge in [-0.3, -0.25) is 4.79 Å². The predicted molar refractivity (Wildman–Crippen MR) is 121 cm³/mol. The fourth-order valence-electron chi connectivity index (χ4n) is 2.73. The van der Waals surface area contributed by atoms with E-state index in [1.54, 1.807) is 19.3 Å². The minimum atomic E-state index is -0.0564. The van der Waals surface area contributed by atoms with Crippen LogP contribution in [0.4, 0.5) is 0 Å². The van der Waals surface area contributed by atoms with Crippen LogP contribution in [0.5, 0.6) is 11.5 Å². The van der Waals surface area contributed by atoms with Crippen molar-refractivity contribution in [3.8, 4) is 11.5 Å². The van der Waals surface area contributed by atoms with Gasteiger partial charge in [0.1, 0.15) is 6.61 Å². The number of hydrogen-bond donors (Lipinski definition) is 0. The van der Waals surface area contributed by atoms with Crippen molar-refractivity contribution in [1.82, 2.24) is 0 Å². The topological polar surface area (TPSA) is 35.5 Å². The van der Waals surface area contributed by atoms with Crippen LogP contribution in [0.2, 0.25) is 5.02 Å². The summed E-state index contributed by atoms with van der Waals surface area (Å²) in [6, 6.07) is 18.7. The summed E-state index contributed by atoms with van der Waals surface area (Å²) in [5, 5.41) is 0.650. The summed E-state index contributed by atoms with van der Waals surface area (Å²) >= 11 is 9.73. The Morgan fingerprint density at radius 3 is 2.52 bits per heavy atom. The van der Waals surface area contributed by atoms with E-state index in [4.69, 9.17) is 21.1 Å². The SMILES string of the molecule is COc1cc(/C=C/C(=O)c2ccc(C)cc2)cc(Br)c1OCc1ccccc1Cl. The molecule has 0 aliphatic carbocycles. The highest BCUT2D eigenvalue weighted by molar-refractivity contribution is 9.10. The van der Waals surface area contributed by atoms with Crippen molar-refractivity contribution < 1.29 is 14.3 Å². The summed E-state index contributed by atoms with van der Waals surface area (Å²) in [6.07, 6.45) is 3.31. The lowest BCUT2D eigenvalue weighted by Crippen LogP contribution is -2.00. The summed E-state index contributed by atoms with van der Waals surface area (Å²) < 4.78 is 12.2. The van der Waals surface area contributed by atoms with Crippen LogP contribution in [0.25, 0.3) is 6.08 Å². The highest BCUT2D eigenvalue weighted by atomic mass is 79.9. The van der Waals surface area contributed by atoms with E-state index in [9.17, 15) is 4.79 Å². The highest BCUT2D eigenvalue weighted by Crippen LogP contribution is 2.38. The Balaban J connectivity index is 1.78. The van der Waals surface area contributed by atoms with Crippen molar-refractivity contribution in [2.24, 2.45) is 0 Å². The monoisotopic (exact) mass is 470 g/mol. The number of carbonyl (C=O) groups is 1. The molecule has 5 heteroatoms. The van der Waals surface area contributed by atoms with Gasteiger partial charge in [0.15, 0.2) is 17.3 Å². The van der Waals surface area contributed by atoms with Gasteiger partial charge in [-0.2, -0.15) is 0 Å². The first kappa shape index (κ1) is 21.2. The van der Waals surface area contributed by atoms with Gasteiger partial charge in [0, 0.05) is 16.1 Å². The van der Waals surface area contributed by atoms with E-state index in [-0.39, 0.29) is 5.78 Å². The number of aryl methyl sites for hydroxylation is 1. The van der Waals surface area contributed by atoms with E-state index in [1.165, 1.54) is 0 Å². The molecule has 0 spiro atoms. The van der Waals surface area contributed by atoms with Gasteiger partial charge >= 0.3 is 0 Å². The molecule has 0 unspecified atom stereocenters. The second-order valence-corrected chi connectivity index (χ2v) is 7.74. The Kier molecular flexibility index (Phi) is 7.13. The first-order valence-corrected chi connectivity index (χ1v) is 10.2. The van der Waals surface area contributed by atoms with E-state index in [0.717, 1.165) is 21.2 Å². The number of ketones is 1. The van der Waals surface area contributed by atoms with Crippen molar-refractivity contribution in [1.29, 1.82) is 0 Å². The average Bonchev–Trinajstić information content (AvgIpc) is 2.72. The predicted octanol–water partition coefficient (Wildman–Crippen LogP) is 6.89. The van der Waals surface area contributed by atoms with Gasteiger partial charge in [0.25, 0.3) is 0 Å². The highest BCUT2D eigenvalue weighted by Gasteiger charge is 2.12. The molecule has 148 valence electrons. The zero-order valence-corrected chi connectivity index (χ0v) is 18.5. The van der Waals surface area contributed by atoms with Crippen molar-refractivity contribution in [2.45, 2.75) is 13.5 Å². The molecule has 0 aliphatic heterocycles. The van der Waals surface area contributed by atoms with Crippen molar-refractivity contribution in [3.63, 3.8) is 0 Å². The molecule has 3 rings (SSSR count). The molecule has 3 aromatic carbocycles. The molecule has 0 radical (unpaired) electrons. The van der Waals surface area contributed by atoms with Gasteiger partial charge in [0.2, 0.25) is 0 Å². The number of allylic oxidation sites excluding steroid dienone is 1. The van der Waals surface area contributed by atoms with E-state index in [2.05, 4.69) is 15.9 Å². The molecule has 0 saturated carbocycles. The quantitative estimate of drug-likeness (QED) is 0.278. The molecule has 0 atom stereocenters. The van der Waals surface area contributed by atoms with Crippen molar-refractivity contribution in [3.05, 3.63) is 98.5 Å². The molecular weight excluding hydrogens is 452 g/mol. The summed E-state index contributed by atoms with van der Waals surface area (Å²) in [6.45, 7) is 2.30. The van der Waals surface area contributed by atoms with Crippen LogP contribution in [0.15, 0.2) is 71.2 Å². The molecule has 0 aromatic heterocycles. The van der Waals surface area contributed by atoms with E-state index >= 15 is 0 Å². The number of rotatable bonds is 7. The third-order valence-electron chi connectivity index (χ3n) is 4.34. The molecule has 0 N–H and O–H groups in total. The average molecular weight is 472 g/mol. The lowest BCUT2D eigenvalue weighted by atomic mass is 10.1. The Labute approximate surface area is 184 Å². The molecular formula is C24H20BrClO3. The van der Waals surface area contributed by atoms with E-state index < -0.39 is 0 Å². The molecule has 0 heterocycles. The second-order valence-electron chi connectivity index (χ2n) is 6.48. The van der Waals surface area contributed by atoms with E-state index in [0.29, 0.717) is 28.7 Å². The second kappa shape index (κ2) is 9.77. The summed E-state index contributed by atoms with van der Waals surface area (Å²) in [5.41, 5.74) is 3.47. The largest absolute Gasteiger partial charge is 0.493 e. The fraction of sp³-hybridized carbons (Fsp3) is 0.125. The third-order valence-corrected chi connectivity index (χ3v) is 5.30. The first-order valence-electron chi connectivity index (χ1n) is 9.00. The number of halogens is 2. The lowest BCUT2D eigenvalue weighted by Gasteiger charge is -2.14. The zero-order valence-electron chi connectivity index (χ0n) is 16.1. The standard InChI is InChI=1S/C24H20BrClO3/c1-16-7-10-18(11-8-16)22(27)12-9-17-13-20(25)24(23(14-17)28-2)29-15-19-5-3-4-6-21(19)26/h3-14H,15H2,1-2H3/b12-9+. The molecule has 3 aromatic rings. The van der Waals surface area contributed by atoms with Crippen LogP contribution >= 0.6 is 27.5 Å². The normalized spacial score (nSPS) is 10.9. The molecule has 0 amide bonds. The maximum absolute atomic E-state index is 12.4. The van der Waals surface area contributed by atoms with Gasteiger partial charge < -0.3 is 9.47 Å². The third kappa shape index (κ3) is 5.49. The number of carbonyl (C=O) groups excluding carboxylic acids is 1. The molecule has 3 nitrogen and oxygen atoms in total. The maximum atomic E-state index is 12.4. The Morgan fingerprint density at radius 2 is 1.83 bits per heavy atom. The van der Waals surface area contributed by atoms with E-state index in [1.807, 2.05) is 67.6 Å². The summed E-state index contributed by atoms with van der Waals surface area (Å²) in [7, 11) is 1.58. The van der Waals surface area contributed by atoms with Crippen LogP contribution in [0.1, 0.15) is 27.0 Å². The smallest absolute Gasteiger partial charge is 0.185 e. The van der Waals surface area contributed by atoms with Crippen molar-refractivity contribution >= 4 is 39.4 Å². The minimum absolute atomic E-state index is 0.0564. The van der Waals surface area contributed by atoms with Crippen LogP contribution in [0, 0.1) is 6.92 Å². The molecule has 0 bridgehead atoms. The van der Waals surface area contributed by atoms with Crippen LogP contribution in [0.3, 0.4) is 0 Å². The number of benzene rings is 3. The fourth-order valence-corrected chi connectivity index (χ4v) is 3.49. The summed E-state index contributed by atoms with van der Waals surface area (Å²) in [4.78, 5) is 12.4. The summed E-state index contributed by atoms with van der Waals surface area (Å²) in [5.74, 6) is 1.09. The molecule has 0 saturated heterocycles. The number of methoxy groups -OCH3 is 1. The van der Waals surface area contributed by atoms with Gasteiger partial charge in [-0.15, -0.1) is 0 Å². The van der Waals surface area contributed by atoms with Gasteiger partial charge in [-0.25, -0.2) is 0 Å².